The number of nitrogens with two attached hydrogens (primary N) is 1. The number of oxime groups is 1. The highest BCUT2D eigenvalue weighted by atomic mass is 16.6. The Hall–Kier alpha value is -0.570. The van der Waals surface area contributed by atoms with Gasteiger partial charge < -0.3 is 10.6 Å². The second kappa shape index (κ2) is 5.56. The molecule has 0 saturated heterocycles. The highest BCUT2D eigenvalue weighted by Gasteiger charge is 1.89. The predicted molar refractivity (Wildman–Crippen MR) is 38.3 cm³/mol. The van der Waals surface area contributed by atoms with Crippen molar-refractivity contribution in [3.05, 3.63) is 0 Å². The molecule has 9 heavy (non-hydrogen) atoms. The molecule has 54 valence electrons. The van der Waals surface area contributed by atoms with Crippen molar-refractivity contribution in [3.8, 4) is 0 Å². The maximum Gasteiger partial charge on any atom is 0.119 e. The van der Waals surface area contributed by atoms with Crippen molar-refractivity contribution >= 4 is 6.21 Å². The summed E-state index contributed by atoms with van der Waals surface area (Å²) in [5.74, 6) is 0.528. The second-order valence-corrected chi connectivity index (χ2v) is 2.21. The van der Waals surface area contributed by atoms with Crippen molar-refractivity contribution in [3.63, 3.8) is 0 Å². The fourth-order valence-corrected chi connectivity index (χ4v) is 0.288. The molecule has 0 aliphatic heterocycles. The van der Waals surface area contributed by atoms with Gasteiger partial charge in [0.15, 0.2) is 0 Å². The van der Waals surface area contributed by atoms with Gasteiger partial charge in [0.25, 0.3) is 0 Å². The van der Waals surface area contributed by atoms with E-state index < -0.39 is 0 Å². The molecule has 0 amide bonds. The van der Waals surface area contributed by atoms with Crippen LogP contribution < -0.4 is 5.73 Å². The number of hydrogen-bond acceptors (Lipinski definition) is 3. The molecule has 0 saturated carbocycles. The van der Waals surface area contributed by atoms with E-state index >= 15 is 0 Å². The van der Waals surface area contributed by atoms with E-state index in [1.54, 1.807) is 6.21 Å². The lowest BCUT2D eigenvalue weighted by atomic mass is 10.2. The van der Waals surface area contributed by atoms with Crippen LogP contribution in [0.25, 0.3) is 0 Å². The molecule has 0 rings (SSSR count). The molecule has 3 nitrogen and oxygen atoms in total. The largest absolute Gasteiger partial charge is 0.396 e. The maximum atomic E-state index is 5.12. The molecule has 2 N–H and O–H groups in total. The molecule has 0 fully saturated rings. The van der Waals surface area contributed by atoms with Crippen molar-refractivity contribution in [1.29, 1.82) is 0 Å². The fraction of sp³-hybridized carbons (Fsp3) is 0.833. The van der Waals surface area contributed by atoms with Crippen LogP contribution in [0.4, 0.5) is 0 Å². The third-order valence-electron chi connectivity index (χ3n) is 0.662. The topological polar surface area (TPSA) is 47.6 Å². The van der Waals surface area contributed by atoms with Gasteiger partial charge in [0.1, 0.15) is 6.61 Å². The Morgan fingerprint density at radius 1 is 1.67 bits per heavy atom. The SMILES string of the molecule is CC(C)CO/N=C/CN. The molecule has 3 heteroatoms. The molecule has 0 atom stereocenters. The fourth-order valence-electron chi connectivity index (χ4n) is 0.288. The van der Waals surface area contributed by atoms with Gasteiger partial charge in [0, 0.05) is 6.54 Å². The number of hydrogen-bond donors (Lipinski definition) is 1. The smallest absolute Gasteiger partial charge is 0.119 e. The van der Waals surface area contributed by atoms with Crippen molar-refractivity contribution in [2.24, 2.45) is 16.8 Å². The molecule has 0 unspecified atom stereocenters. The molecule has 0 aromatic carbocycles. The summed E-state index contributed by atoms with van der Waals surface area (Å²) >= 11 is 0. The number of rotatable bonds is 4. The zero-order chi connectivity index (χ0) is 7.11. The van der Waals surface area contributed by atoms with Gasteiger partial charge in [0.2, 0.25) is 0 Å². The zero-order valence-corrected chi connectivity index (χ0v) is 6.00. The minimum absolute atomic E-state index is 0.443. The Morgan fingerprint density at radius 3 is 2.78 bits per heavy atom. The summed E-state index contributed by atoms with van der Waals surface area (Å²) in [5.41, 5.74) is 5.12. The first-order valence-electron chi connectivity index (χ1n) is 3.11. The molecule has 0 spiro atoms. The monoisotopic (exact) mass is 130 g/mol. The van der Waals surface area contributed by atoms with Crippen LogP contribution in [0.3, 0.4) is 0 Å². The molecule has 0 aliphatic carbocycles. The van der Waals surface area contributed by atoms with Gasteiger partial charge in [0.05, 0.1) is 6.21 Å². The first kappa shape index (κ1) is 8.43. The van der Waals surface area contributed by atoms with Crippen LogP contribution in [0.5, 0.6) is 0 Å². The van der Waals surface area contributed by atoms with Crippen molar-refractivity contribution in [2.75, 3.05) is 13.2 Å². The zero-order valence-electron chi connectivity index (χ0n) is 6.00. The second-order valence-electron chi connectivity index (χ2n) is 2.21. The number of nitrogens with zero attached hydrogens (tertiary/aromatic N) is 1. The third-order valence-corrected chi connectivity index (χ3v) is 0.662. The van der Waals surface area contributed by atoms with Gasteiger partial charge in [-0.05, 0) is 5.92 Å². The van der Waals surface area contributed by atoms with Crippen LogP contribution in [-0.4, -0.2) is 19.4 Å². The van der Waals surface area contributed by atoms with Gasteiger partial charge in [-0.15, -0.1) is 0 Å². The van der Waals surface area contributed by atoms with E-state index in [2.05, 4.69) is 19.0 Å². The van der Waals surface area contributed by atoms with E-state index in [0.717, 1.165) is 0 Å². The Balaban J connectivity index is 2.99. The Bertz CT molecular complexity index is 81.1. The van der Waals surface area contributed by atoms with Crippen molar-refractivity contribution in [2.45, 2.75) is 13.8 Å². The van der Waals surface area contributed by atoms with E-state index in [1.807, 2.05) is 0 Å². The summed E-state index contributed by atoms with van der Waals surface area (Å²) in [6, 6.07) is 0. The predicted octanol–water partition coefficient (Wildman–Crippen LogP) is 0.604. The van der Waals surface area contributed by atoms with Gasteiger partial charge in [-0.2, -0.15) is 0 Å². The van der Waals surface area contributed by atoms with Crippen molar-refractivity contribution in [1.82, 2.24) is 0 Å². The molecule has 0 heterocycles. The molecule has 0 aromatic heterocycles. The van der Waals surface area contributed by atoms with Crippen LogP contribution in [0.1, 0.15) is 13.8 Å². The maximum absolute atomic E-state index is 5.12. The van der Waals surface area contributed by atoms with E-state index in [4.69, 9.17) is 10.6 Å². The molecule has 0 aromatic rings. The van der Waals surface area contributed by atoms with E-state index in [9.17, 15) is 0 Å². The molecule has 0 bridgehead atoms. The van der Waals surface area contributed by atoms with Crippen LogP contribution >= 0.6 is 0 Å². The average molecular weight is 130 g/mol. The minimum atomic E-state index is 0.443. The van der Waals surface area contributed by atoms with Gasteiger partial charge in [-0.25, -0.2) is 0 Å². The van der Waals surface area contributed by atoms with Gasteiger partial charge in [-0.1, -0.05) is 19.0 Å². The van der Waals surface area contributed by atoms with Gasteiger partial charge in [-0.3, -0.25) is 0 Å². The van der Waals surface area contributed by atoms with Crippen LogP contribution in [0.2, 0.25) is 0 Å². The first-order chi connectivity index (χ1) is 4.27. The standard InChI is InChI=1S/C6H14N2O/c1-6(2)5-9-8-4-3-7/h4,6H,3,5,7H2,1-2H3/b8-4+. The summed E-state index contributed by atoms with van der Waals surface area (Å²) < 4.78 is 0. The van der Waals surface area contributed by atoms with E-state index in [0.29, 0.717) is 19.1 Å². The summed E-state index contributed by atoms with van der Waals surface area (Å²) in [7, 11) is 0. The molecule has 0 aliphatic rings. The lowest BCUT2D eigenvalue weighted by Crippen LogP contribution is -2.02. The Labute approximate surface area is 55.9 Å². The molecule has 0 radical (unpaired) electrons. The minimum Gasteiger partial charge on any atom is -0.396 e. The third kappa shape index (κ3) is 7.43. The Kier molecular flexibility index (Phi) is 5.21. The molecular formula is C6H14N2O. The summed E-state index contributed by atoms with van der Waals surface area (Å²) in [6.07, 6.45) is 1.54. The lowest BCUT2D eigenvalue weighted by Gasteiger charge is -1.99. The highest BCUT2D eigenvalue weighted by Crippen LogP contribution is 1.90. The highest BCUT2D eigenvalue weighted by molar-refractivity contribution is 5.58. The summed E-state index contributed by atoms with van der Waals surface area (Å²) in [6.45, 7) is 5.24. The Morgan fingerprint density at radius 2 is 2.33 bits per heavy atom. The normalized spacial score (nSPS) is 11.1. The van der Waals surface area contributed by atoms with Crippen LogP contribution in [0, 0.1) is 5.92 Å². The average Bonchev–Trinajstić information content (AvgIpc) is 1.80. The van der Waals surface area contributed by atoms with E-state index in [1.165, 1.54) is 0 Å². The molecular weight excluding hydrogens is 116 g/mol. The summed E-state index contributed by atoms with van der Waals surface area (Å²) in [4.78, 5) is 4.82. The van der Waals surface area contributed by atoms with E-state index in [-0.39, 0.29) is 0 Å². The van der Waals surface area contributed by atoms with Crippen LogP contribution in [-0.2, 0) is 4.84 Å². The quantitative estimate of drug-likeness (QED) is 0.447. The van der Waals surface area contributed by atoms with Gasteiger partial charge >= 0.3 is 0 Å². The first-order valence-corrected chi connectivity index (χ1v) is 3.11. The van der Waals surface area contributed by atoms with Crippen molar-refractivity contribution < 1.29 is 4.84 Å². The summed E-state index contributed by atoms with van der Waals surface area (Å²) in [5, 5.41) is 3.58. The lowest BCUT2D eigenvalue weighted by molar-refractivity contribution is 0.119. The van der Waals surface area contributed by atoms with Crippen LogP contribution in [0.15, 0.2) is 5.16 Å².